The number of ketones is 1. The number of carbonyl (C=O) groups is 3. The van der Waals surface area contributed by atoms with Gasteiger partial charge in [-0.1, -0.05) is 33.8 Å². The number of hydrogen-bond acceptors (Lipinski definition) is 6. The molecule has 0 aliphatic carbocycles. The van der Waals surface area contributed by atoms with Gasteiger partial charge in [0.25, 0.3) is 0 Å². The molecule has 0 saturated heterocycles. The molecule has 1 aromatic heterocycles. The molecule has 1 aliphatic rings. The predicted molar refractivity (Wildman–Crippen MR) is 138 cm³/mol. The zero-order valence-electron chi connectivity index (χ0n) is 22.7. The molecular formula is C27H33F3N4O5. The number of amidine groups is 1. The van der Waals surface area contributed by atoms with E-state index < -0.39 is 12.1 Å². The van der Waals surface area contributed by atoms with Gasteiger partial charge in [0.05, 0.1) is 6.54 Å². The number of aliphatic carboxylic acids is 1. The number of alkyl halides is 3. The van der Waals surface area contributed by atoms with Gasteiger partial charge in [-0.2, -0.15) is 13.2 Å². The molecule has 0 saturated carbocycles. The maximum atomic E-state index is 13.3. The maximum Gasteiger partial charge on any atom is 0.490 e. The van der Waals surface area contributed by atoms with Crippen molar-refractivity contribution in [2.75, 3.05) is 13.6 Å². The van der Waals surface area contributed by atoms with E-state index in [0.29, 0.717) is 28.9 Å². The molecule has 1 aliphatic heterocycles. The molecule has 3 rings (SSSR count). The molecule has 1 amide bonds. The third-order valence-electron chi connectivity index (χ3n) is 6.14. The van der Waals surface area contributed by atoms with Crippen LogP contribution in [-0.2, 0) is 34.5 Å². The van der Waals surface area contributed by atoms with E-state index in [2.05, 4.69) is 4.98 Å². The van der Waals surface area contributed by atoms with Crippen LogP contribution >= 0.6 is 0 Å². The zero-order valence-corrected chi connectivity index (χ0v) is 22.7. The number of carbonyl (C=O) groups excluding carboxylic acids is 2. The Balaban J connectivity index is 0.000000673. The number of fused-ring (bicyclic) bond motifs is 1. The molecule has 0 spiro atoms. The average molecular weight is 551 g/mol. The number of nitrogens with one attached hydrogen (secondary N) is 1. The SMILES string of the molecule is CCc1ccc2c(n1)C(=N)N(CC(=O)c1cc(CN(C)C(C)=O)c(O)c(C(C)(C)C)c1)C2.O=C(O)C(F)(F)F. The lowest BCUT2D eigenvalue weighted by Gasteiger charge is -2.25. The van der Waals surface area contributed by atoms with Gasteiger partial charge in [-0.25, -0.2) is 9.78 Å². The number of aromatic hydroxyl groups is 1. The Labute approximate surface area is 224 Å². The summed E-state index contributed by atoms with van der Waals surface area (Å²) < 4.78 is 31.7. The molecule has 3 N–H and O–H groups in total. The van der Waals surface area contributed by atoms with Gasteiger partial charge in [-0.15, -0.1) is 0 Å². The Kier molecular flexibility index (Phi) is 9.48. The second-order valence-electron chi connectivity index (χ2n) is 10.3. The fraction of sp³-hybridized carbons (Fsp3) is 0.444. The van der Waals surface area contributed by atoms with E-state index in [4.69, 9.17) is 15.3 Å². The number of nitrogens with zero attached hydrogens (tertiary/aromatic N) is 3. The van der Waals surface area contributed by atoms with Crippen molar-refractivity contribution in [1.29, 1.82) is 5.41 Å². The first-order valence-electron chi connectivity index (χ1n) is 12.1. The van der Waals surface area contributed by atoms with E-state index in [-0.39, 0.29) is 41.8 Å². The van der Waals surface area contributed by atoms with Crippen LogP contribution in [0.5, 0.6) is 5.75 Å². The van der Waals surface area contributed by atoms with Crippen LogP contribution in [0.25, 0.3) is 0 Å². The van der Waals surface area contributed by atoms with Gasteiger partial charge in [-0.05, 0) is 30.0 Å². The standard InChI is InChI=1S/C25H32N4O3.C2HF3O2/c1-7-19-9-8-16-13-29(24(26)22(16)27-19)14-21(31)17-10-18(12-28(6)15(2)30)23(32)20(11-17)25(3,4)5;3-2(4,5)1(6)7/h8-11,26,32H,7,12-14H2,1-6H3;(H,6,7). The number of rotatable bonds is 6. The van der Waals surface area contributed by atoms with Crippen molar-refractivity contribution >= 4 is 23.5 Å². The minimum absolute atomic E-state index is 0.0486. The number of aromatic nitrogens is 1. The number of hydrogen-bond donors (Lipinski definition) is 3. The number of benzene rings is 1. The fourth-order valence-electron chi connectivity index (χ4n) is 3.81. The van der Waals surface area contributed by atoms with E-state index in [1.807, 2.05) is 39.8 Å². The summed E-state index contributed by atoms with van der Waals surface area (Å²) in [6.07, 6.45) is -4.29. The molecule has 9 nitrogen and oxygen atoms in total. The van der Waals surface area contributed by atoms with Gasteiger partial charge in [0.2, 0.25) is 5.91 Å². The molecule has 0 atom stereocenters. The fourth-order valence-corrected chi connectivity index (χ4v) is 3.81. The van der Waals surface area contributed by atoms with Crippen molar-refractivity contribution < 1.29 is 37.8 Å². The molecule has 2 heterocycles. The Morgan fingerprint density at radius 3 is 2.23 bits per heavy atom. The van der Waals surface area contributed by atoms with Crippen LogP contribution < -0.4 is 0 Å². The number of halogens is 3. The summed E-state index contributed by atoms with van der Waals surface area (Å²) in [5, 5.41) is 26.5. The molecule has 12 heteroatoms. The topological polar surface area (TPSA) is 135 Å². The second kappa shape index (κ2) is 11.8. The number of aryl methyl sites for hydroxylation is 1. The minimum atomic E-state index is -5.08. The third kappa shape index (κ3) is 7.78. The summed E-state index contributed by atoms with van der Waals surface area (Å²) in [4.78, 5) is 41.7. The first kappa shape index (κ1) is 31.3. The van der Waals surface area contributed by atoms with Crippen LogP contribution in [0.3, 0.4) is 0 Å². The van der Waals surface area contributed by atoms with Gasteiger partial charge in [-0.3, -0.25) is 15.0 Å². The van der Waals surface area contributed by atoms with Crippen LogP contribution in [-0.4, -0.2) is 68.3 Å². The van der Waals surface area contributed by atoms with E-state index in [1.54, 1.807) is 24.1 Å². The Hall–Kier alpha value is -3.96. The summed E-state index contributed by atoms with van der Waals surface area (Å²) in [5.74, 6) is -2.65. The number of phenolic OH excluding ortho intramolecular Hbond substituents is 1. The summed E-state index contributed by atoms with van der Waals surface area (Å²) in [5.41, 5.74) is 3.78. The van der Waals surface area contributed by atoms with Gasteiger partial charge in [0.15, 0.2) is 5.78 Å². The first-order valence-corrected chi connectivity index (χ1v) is 12.1. The number of pyridine rings is 1. The first-order chi connectivity index (χ1) is 17.9. The van der Waals surface area contributed by atoms with E-state index in [0.717, 1.165) is 17.7 Å². The normalized spacial score (nSPS) is 12.9. The molecule has 0 unspecified atom stereocenters. The molecule has 2 aromatic rings. The molecule has 0 bridgehead atoms. The van der Waals surface area contributed by atoms with Crippen molar-refractivity contribution in [3.05, 3.63) is 57.9 Å². The van der Waals surface area contributed by atoms with Crippen molar-refractivity contribution in [1.82, 2.24) is 14.8 Å². The highest BCUT2D eigenvalue weighted by atomic mass is 19.4. The highest BCUT2D eigenvalue weighted by molar-refractivity contribution is 6.04. The number of carboxylic acid groups (broad SMARTS) is 1. The molecule has 0 radical (unpaired) electrons. The molecule has 212 valence electrons. The number of amides is 1. The van der Waals surface area contributed by atoms with E-state index >= 15 is 0 Å². The van der Waals surface area contributed by atoms with Crippen molar-refractivity contribution in [2.45, 2.75) is 65.7 Å². The van der Waals surface area contributed by atoms with Crippen LogP contribution in [0.15, 0.2) is 24.3 Å². The molecule has 39 heavy (non-hydrogen) atoms. The van der Waals surface area contributed by atoms with Crippen LogP contribution in [0.2, 0.25) is 0 Å². The van der Waals surface area contributed by atoms with Crippen molar-refractivity contribution in [3.63, 3.8) is 0 Å². The lowest BCUT2D eigenvalue weighted by molar-refractivity contribution is -0.192. The van der Waals surface area contributed by atoms with Crippen LogP contribution in [0.4, 0.5) is 13.2 Å². The quantitative estimate of drug-likeness (QED) is 0.457. The van der Waals surface area contributed by atoms with E-state index in [9.17, 15) is 27.9 Å². The molecule has 0 fully saturated rings. The maximum absolute atomic E-state index is 13.3. The van der Waals surface area contributed by atoms with Gasteiger partial charge in [0.1, 0.15) is 17.3 Å². The predicted octanol–water partition coefficient (Wildman–Crippen LogP) is 4.28. The highest BCUT2D eigenvalue weighted by Crippen LogP contribution is 2.35. The minimum Gasteiger partial charge on any atom is -0.507 e. The van der Waals surface area contributed by atoms with Crippen molar-refractivity contribution in [3.8, 4) is 5.75 Å². The molecule has 1 aromatic carbocycles. The number of Topliss-reactive ketones (excluding diaryl/α,β-unsaturated/α-hetero) is 1. The monoisotopic (exact) mass is 550 g/mol. The van der Waals surface area contributed by atoms with Gasteiger partial charge < -0.3 is 20.0 Å². The van der Waals surface area contributed by atoms with Crippen LogP contribution in [0.1, 0.15) is 73.1 Å². The van der Waals surface area contributed by atoms with Gasteiger partial charge >= 0.3 is 12.1 Å². The Morgan fingerprint density at radius 2 is 1.74 bits per heavy atom. The lowest BCUT2D eigenvalue weighted by atomic mass is 9.83. The van der Waals surface area contributed by atoms with Gasteiger partial charge in [0, 0.05) is 55.0 Å². The van der Waals surface area contributed by atoms with E-state index in [1.165, 1.54) is 11.8 Å². The van der Waals surface area contributed by atoms with Crippen LogP contribution in [0, 0.1) is 5.41 Å². The number of phenols is 1. The lowest BCUT2D eigenvalue weighted by Crippen LogP contribution is -2.31. The summed E-state index contributed by atoms with van der Waals surface area (Å²) in [6.45, 7) is 10.1. The third-order valence-corrected chi connectivity index (χ3v) is 6.14. The van der Waals surface area contributed by atoms with Crippen molar-refractivity contribution in [2.24, 2.45) is 0 Å². The highest BCUT2D eigenvalue weighted by Gasteiger charge is 2.38. The summed E-state index contributed by atoms with van der Waals surface area (Å²) >= 11 is 0. The second-order valence-corrected chi connectivity index (χ2v) is 10.3. The number of carboxylic acids is 1. The summed E-state index contributed by atoms with van der Waals surface area (Å²) in [7, 11) is 1.66. The zero-order chi connectivity index (χ0) is 29.9. The smallest absolute Gasteiger partial charge is 0.490 e. The Bertz CT molecular complexity index is 1290. The molecular weight excluding hydrogens is 517 g/mol. The Morgan fingerprint density at radius 1 is 1.15 bits per heavy atom. The summed E-state index contributed by atoms with van der Waals surface area (Å²) in [6, 6.07) is 7.33. The largest absolute Gasteiger partial charge is 0.507 e. The average Bonchev–Trinajstić information content (AvgIpc) is 3.13.